The van der Waals surface area contributed by atoms with Gasteiger partial charge in [0.15, 0.2) is 5.84 Å². The molecule has 0 fully saturated rings. The summed E-state index contributed by atoms with van der Waals surface area (Å²) in [5, 5.41) is 14.3. The number of rotatable bonds is 6. The Morgan fingerprint density at radius 3 is 3.00 bits per heavy atom. The maximum Gasteiger partial charge on any atom is 0.173 e. The summed E-state index contributed by atoms with van der Waals surface area (Å²) in [5.74, 6) is -0.714. The maximum absolute atomic E-state index is 13.9. The van der Waals surface area contributed by atoms with Crippen LogP contribution in [0.5, 0.6) is 0 Å². The van der Waals surface area contributed by atoms with Crippen LogP contribution in [-0.2, 0) is 11.3 Å². The van der Waals surface area contributed by atoms with Crippen molar-refractivity contribution in [3.63, 3.8) is 0 Å². The fraction of sp³-hybridized carbons (Fsp3) is 0.364. The minimum absolute atomic E-state index is 0.0959. The molecule has 0 aliphatic carbocycles. The van der Waals surface area contributed by atoms with Crippen molar-refractivity contribution in [3.05, 3.63) is 35.1 Å². The number of nitrogens with zero attached hydrogens (tertiary/aromatic N) is 1. The topological polar surface area (TPSA) is 79.9 Å². The van der Waals surface area contributed by atoms with Crippen LogP contribution < -0.4 is 11.1 Å². The molecule has 0 bridgehead atoms. The van der Waals surface area contributed by atoms with Crippen LogP contribution in [0.15, 0.2) is 23.4 Å². The third-order valence-electron chi connectivity index (χ3n) is 2.26. The van der Waals surface area contributed by atoms with Gasteiger partial charge in [0.1, 0.15) is 5.82 Å². The van der Waals surface area contributed by atoms with Gasteiger partial charge in [-0.2, -0.15) is 0 Å². The fourth-order valence-electron chi connectivity index (χ4n) is 1.37. The Morgan fingerprint density at radius 1 is 1.59 bits per heavy atom. The van der Waals surface area contributed by atoms with Crippen LogP contribution in [0.2, 0.25) is 0 Å². The van der Waals surface area contributed by atoms with Crippen molar-refractivity contribution < 1.29 is 14.3 Å². The molecule has 0 saturated carbocycles. The van der Waals surface area contributed by atoms with E-state index in [1.807, 2.05) is 0 Å². The molecule has 0 aliphatic rings. The van der Waals surface area contributed by atoms with Crippen molar-refractivity contribution in [2.75, 3.05) is 20.3 Å². The molecular weight excluding hydrogens is 225 g/mol. The van der Waals surface area contributed by atoms with Gasteiger partial charge in [0.25, 0.3) is 0 Å². The summed E-state index contributed by atoms with van der Waals surface area (Å²) in [6.45, 7) is 1.55. The molecular formula is C11H16FN3O2. The number of halogens is 1. The third-order valence-corrected chi connectivity index (χ3v) is 2.26. The van der Waals surface area contributed by atoms with Crippen LogP contribution in [0.25, 0.3) is 0 Å². The average molecular weight is 241 g/mol. The first-order valence-electron chi connectivity index (χ1n) is 5.15. The summed E-state index contributed by atoms with van der Waals surface area (Å²) in [5.41, 5.74) is 5.92. The predicted octanol–water partition coefficient (Wildman–Crippen LogP) is 0.656. The quantitative estimate of drug-likeness (QED) is 0.225. The number of oxime groups is 1. The number of hydrogen-bond acceptors (Lipinski definition) is 4. The Bertz CT molecular complexity index is 396. The van der Waals surface area contributed by atoms with Crippen molar-refractivity contribution in [2.24, 2.45) is 10.9 Å². The van der Waals surface area contributed by atoms with Gasteiger partial charge in [-0.25, -0.2) is 4.39 Å². The van der Waals surface area contributed by atoms with Crippen molar-refractivity contribution in [1.82, 2.24) is 5.32 Å². The lowest BCUT2D eigenvalue weighted by atomic mass is 10.1. The molecule has 0 atom stereocenters. The van der Waals surface area contributed by atoms with E-state index in [4.69, 9.17) is 15.7 Å². The standard InChI is InChI=1S/C11H16FN3O2/c1-17-6-5-14-7-8-3-2-4-9(10(8)12)11(13)15-16/h2-4,14,16H,5-7H2,1H3,(H2,13,15). The number of nitrogens with two attached hydrogens (primary N) is 1. The molecule has 0 aliphatic heterocycles. The zero-order valence-electron chi connectivity index (χ0n) is 9.61. The minimum Gasteiger partial charge on any atom is -0.409 e. The summed E-state index contributed by atoms with van der Waals surface area (Å²) in [6.07, 6.45) is 0. The van der Waals surface area contributed by atoms with E-state index >= 15 is 0 Å². The van der Waals surface area contributed by atoms with Gasteiger partial charge in [0.05, 0.1) is 12.2 Å². The molecule has 0 aromatic heterocycles. The van der Waals surface area contributed by atoms with Crippen molar-refractivity contribution in [1.29, 1.82) is 0 Å². The molecule has 0 saturated heterocycles. The number of methoxy groups -OCH3 is 1. The molecule has 0 spiro atoms. The summed E-state index contributed by atoms with van der Waals surface area (Å²) < 4.78 is 18.7. The Morgan fingerprint density at radius 2 is 2.35 bits per heavy atom. The second-order valence-corrected chi connectivity index (χ2v) is 3.43. The highest BCUT2D eigenvalue weighted by atomic mass is 19.1. The zero-order chi connectivity index (χ0) is 12.7. The number of hydrogen-bond donors (Lipinski definition) is 3. The van der Waals surface area contributed by atoms with E-state index in [-0.39, 0.29) is 11.4 Å². The van der Waals surface area contributed by atoms with Gasteiger partial charge in [0, 0.05) is 25.8 Å². The van der Waals surface area contributed by atoms with E-state index in [1.165, 1.54) is 6.07 Å². The molecule has 1 rings (SSSR count). The van der Waals surface area contributed by atoms with Crippen LogP contribution in [0.4, 0.5) is 4.39 Å². The Labute approximate surface area is 99.1 Å². The van der Waals surface area contributed by atoms with E-state index in [1.54, 1.807) is 19.2 Å². The Kier molecular flexibility index (Phi) is 5.38. The minimum atomic E-state index is -0.479. The summed E-state index contributed by atoms with van der Waals surface area (Å²) in [6, 6.07) is 4.76. The molecule has 94 valence electrons. The molecule has 1 aromatic carbocycles. The first kappa shape index (κ1) is 13.4. The van der Waals surface area contributed by atoms with Crippen LogP contribution in [0.3, 0.4) is 0 Å². The van der Waals surface area contributed by atoms with E-state index in [0.29, 0.717) is 25.3 Å². The second-order valence-electron chi connectivity index (χ2n) is 3.43. The average Bonchev–Trinajstić information content (AvgIpc) is 2.35. The Hall–Kier alpha value is -1.66. The largest absolute Gasteiger partial charge is 0.409 e. The molecule has 0 unspecified atom stereocenters. The predicted molar refractivity (Wildman–Crippen MR) is 62.5 cm³/mol. The summed E-state index contributed by atoms with van der Waals surface area (Å²) in [7, 11) is 1.60. The lowest BCUT2D eigenvalue weighted by molar-refractivity contribution is 0.199. The number of nitrogens with one attached hydrogen (secondary N) is 1. The van der Waals surface area contributed by atoms with Gasteiger partial charge in [-0.05, 0) is 6.07 Å². The van der Waals surface area contributed by atoms with Crippen LogP contribution in [0.1, 0.15) is 11.1 Å². The van der Waals surface area contributed by atoms with Gasteiger partial charge in [0.2, 0.25) is 0 Å². The number of benzene rings is 1. The lowest BCUT2D eigenvalue weighted by Gasteiger charge is -2.08. The normalized spacial score (nSPS) is 11.8. The maximum atomic E-state index is 13.9. The van der Waals surface area contributed by atoms with Gasteiger partial charge in [-0.1, -0.05) is 17.3 Å². The highest BCUT2D eigenvalue weighted by Crippen LogP contribution is 2.12. The molecule has 0 heterocycles. The van der Waals surface area contributed by atoms with Crippen molar-refractivity contribution in [3.8, 4) is 0 Å². The summed E-state index contributed by atoms with van der Waals surface area (Å²) >= 11 is 0. The third kappa shape index (κ3) is 3.69. The van der Waals surface area contributed by atoms with E-state index in [9.17, 15) is 4.39 Å². The van der Waals surface area contributed by atoms with E-state index in [0.717, 1.165) is 0 Å². The molecule has 4 N–H and O–H groups in total. The van der Waals surface area contributed by atoms with Crippen molar-refractivity contribution in [2.45, 2.75) is 6.54 Å². The van der Waals surface area contributed by atoms with Crippen molar-refractivity contribution >= 4 is 5.84 Å². The highest BCUT2D eigenvalue weighted by Gasteiger charge is 2.10. The highest BCUT2D eigenvalue weighted by molar-refractivity contribution is 5.97. The van der Waals surface area contributed by atoms with E-state index < -0.39 is 5.82 Å². The molecule has 0 amide bonds. The SMILES string of the molecule is COCCNCc1cccc(/C(N)=N/O)c1F. The molecule has 6 heteroatoms. The smallest absolute Gasteiger partial charge is 0.173 e. The number of ether oxygens (including phenoxy) is 1. The first-order valence-corrected chi connectivity index (χ1v) is 5.15. The summed E-state index contributed by atoms with van der Waals surface area (Å²) in [4.78, 5) is 0. The van der Waals surface area contributed by atoms with Gasteiger partial charge in [-0.3, -0.25) is 0 Å². The lowest BCUT2D eigenvalue weighted by Crippen LogP contribution is -2.21. The molecule has 17 heavy (non-hydrogen) atoms. The van der Waals surface area contributed by atoms with Crippen LogP contribution in [-0.4, -0.2) is 31.3 Å². The second kappa shape index (κ2) is 6.82. The first-order chi connectivity index (χ1) is 8.20. The van der Waals surface area contributed by atoms with E-state index in [2.05, 4.69) is 10.5 Å². The fourth-order valence-corrected chi connectivity index (χ4v) is 1.37. The zero-order valence-corrected chi connectivity index (χ0v) is 9.61. The molecule has 5 nitrogen and oxygen atoms in total. The Balaban J connectivity index is 2.73. The monoisotopic (exact) mass is 241 g/mol. The van der Waals surface area contributed by atoms with Crippen LogP contribution in [0, 0.1) is 5.82 Å². The number of amidine groups is 1. The van der Waals surface area contributed by atoms with Gasteiger partial charge < -0.3 is 21.0 Å². The molecule has 0 radical (unpaired) electrons. The van der Waals surface area contributed by atoms with Gasteiger partial charge in [-0.15, -0.1) is 0 Å². The van der Waals surface area contributed by atoms with Crippen LogP contribution >= 0.6 is 0 Å². The molecule has 1 aromatic rings. The van der Waals surface area contributed by atoms with Gasteiger partial charge >= 0.3 is 0 Å².